The zero-order chi connectivity index (χ0) is 20.8. The van der Waals surface area contributed by atoms with Crippen LogP contribution in [0.2, 0.25) is 0 Å². The highest BCUT2D eigenvalue weighted by molar-refractivity contribution is 8.01. The Kier molecular flexibility index (Phi) is 7.05. The first-order chi connectivity index (χ1) is 13.9. The maximum atomic E-state index is 13.3. The Morgan fingerprint density at radius 3 is 2.59 bits per heavy atom. The van der Waals surface area contributed by atoms with Crippen LogP contribution in [0.4, 0.5) is 20.9 Å². The van der Waals surface area contributed by atoms with Crippen molar-refractivity contribution in [3.05, 3.63) is 59.9 Å². The first-order valence-corrected chi connectivity index (χ1v) is 10.7. The number of nitrogens with one attached hydrogen (secondary N) is 1. The quantitative estimate of drug-likeness (QED) is 0.539. The van der Waals surface area contributed by atoms with Gasteiger partial charge in [-0.15, -0.1) is 10.2 Å². The Morgan fingerprint density at radius 1 is 1.14 bits per heavy atom. The monoisotopic (exact) mass is 431 g/mol. The van der Waals surface area contributed by atoms with Gasteiger partial charge in [0.05, 0.1) is 5.75 Å². The van der Waals surface area contributed by atoms with E-state index >= 15 is 0 Å². The molecule has 3 aromatic rings. The van der Waals surface area contributed by atoms with Gasteiger partial charge in [-0.25, -0.2) is 4.39 Å². The summed E-state index contributed by atoms with van der Waals surface area (Å²) < 4.78 is 13.9. The van der Waals surface area contributed by atoms with Gasteiger partial charge in [0.25, 0.3) is 0 Å². The van der Waals surface area contributed by atoms with Gasteiger partial charge in [-0.3, -0.25) is 4.79 Å². The van der Waals surface area contributed by atoms with E-state index in [0.717, 1.165) is 11.3 Å². The molecule has 0 spiro atoms. The van der Waals surface area contributed by atoms with Crippen molar-refractivity contribution >= 4 is 45.5 Å². The Balaban J connectivity index is 1.49. The second-order valence-corrected chi connectivity index (χ2v) is 8.81. The standard InChI is InChI=1S/C20H22FN5OS2/c1-25(2)17-9-7-14(8-10-17)12-26(3)18(27)13-28-20-24-23-19(29-20)22-16-6-4-5-15(21)11-16/h4-11H,12-13H2,1-3H3,(H,22,23). The minimum absolute atomic E-state index is 0.0153. The Bertz CT molecular complexity index is 962. The lowest BCUT2D eigenvalue weighted by Crippen LogP contribution is -2.27. The van der Waals surface area contributed by atoms with Crippen LogP contribution in [0, 0.1) is 5.82 Å². The number of hydrogen-bond acceptors (Lipinski definition) is 7. The summed E-state index contributed by atoms with van der Waals surface area (Å²) in [6.07, 6.45) is 0. The Labute approximate surface area is 177 Å². The van der Waals surface area contributed by atoms with E-state index < -0.39 is 0 Å². The summed E-state index contributed by atoms with van der Waals surface area (Å²) in [7, 11) is 5.78. The average molecular weight is 432 g/mol. The van der Waals surface area contributed by atoms with Gasteiger partial charge >= 0.3 is 0 Å². The number of benzene rings is 2. The molecule has 0 unspecified atom stereocenters. The molecule has 0 atom stereocenters. The Hall–Kier alpha value is -2.65. The molecule has 1 aromatic heterocycles. The second-order valence-electron chi connectivity index (χ2n) is 6.61. The smallest absolute Gasteiger partial charge is 0.233 e. The van der Waals surface area contributed by atoms with Crippen LogP contribution in [0.15, 0.2) is 52.9 Å². The SMILES string of the molecule is CN(Cc1ccc(N(C)C)cc1)C(=O)CSc1nnc(Nc2cccc(F)c2)s1. The van der Waals surface area contributed by atoms with E-state index in [2.05, 4.69) is 15.5 Å². The van der Waals surface area contributed by atoms with E-state index in [1.165, 1.54) is 35.2 Å². The number of carbonyl (C=O) groups is 1. The van der Waals surface area contributed by atoms with Crippen LogP contribution in [0.25, 0.3) is 0 Å². The number of anilines is 3. The molecule has 0 aliphatic heterocycles. The molecule has 0 aliphatic carbocycles. The average Bonchev–Trinajstić information content (AvgIpc) is 3.13. The van der Waals surface area contributed by atoms with Crippen molar-refractivity contribution in [2.24, 2.45) is 0 Å². The molecule has 6 nitrogen and oxygen atoms in total. The van der Waals surface area contributed by atoms with Crippen LogP contribution in [0.1, 0.15) is 5.56 Å². The maximum Gasteiger partial charge on any atom is 0.233 e. The molecule has 0 saturated heterocycles. The molecule has 2 aromatic carbocycles. The molecule has 1 N–H and O–H groups in total. The molecule has 0 radical (unpaired) electrons. The van der Waals surface area contributed by atoms with Crippen molar-refractivity contribution < 1.29 is 9.18 Å². The number of hydrogen-bond donors (Lipinski definition) is 1. The zero-order valence-electron chi connectivity index (χ0n) is 16.4. The van der Waals surface area contributed by atoms with Crippen molar-refractivity contribution in [1.29, 1.82) is 0 Å². The predicted octanol–water partition coefficient (Wildman–Crippen LogP) is 4.24. The number of carbonyl (C=O) groups excluding carboxylic acids is 1. The number of halogens is 1. The highest BCUT2D eigenvalue weighted by Crippen LogP contribution is 2.28. The third-order valence-electron chi connectivity index (χ3n) is 4.10. The van der Waals surface area contributed by atoms with Crippen LogP contribution >= 0.6 is 23.1 Å². The first kappa shape index (κ1) is 21.1. The molecule has 0 bridgehead atoms. The minimum Gasteiger partial charge on any atom is -0.378 e. The van der Waals surface area contributed by atoms with Gasteiger partial charge in [0, 0.05) is 39.1 Å². The predicted molar refractivity (Wildman–Crippen MR) is 118 cm³/mol. The molecule has 9 heteroatoms. The van der Waals surface area contributed by atoms with Crippen molar-refractivity contribution in [3.8, 4) is 0 Å². The van der Waals surface area contributed by atoms with Crippen molar-refractivity contribution in [2.45, 2.75) is 10.9 Å². The number of thioether (sulfide) groups is 1. The summed E-state index contributed by atoms with van der Waals surface area (Å²) in [4.78, 5) is 16.2. The van der Waals surface area contributed by atoms with Crippen LogP contribution in [0.5, 0.6) is 0 Å². The van der Waals surface area contributed by atoms with Crippen molar-refractivity contribution in [1.82, 2.24) is 15.1 Å². The fourth-order valence-electron chi connectivity index (χ4n) is 2.50. The van der Waals surface area contributed by atoms with Crippen LogP contribution in [0.3, 0.4) is 0 Å². The van der Waals surface area contributed by atoms with E-state index in [-0.39, 0.29) is 17.5 Å². The van der Waals surface area contributed by atoms with Crippen molar-refractivity contribution in [2.75, 3.05) is 37.1 Å². The molecule has 0 fully saturated rings. The van der Waals surface area contributed by atoms with Gasteiger partial charge in [-0.1, -0.05) is 41.3 Å². The van der Waals surface area contributed by atoms with Crippen LogP contribution < -0.4 is 10.2 Å². The largest absolute Gasteiger partial charge is 0.378 e. The van der Waals surface area contributed by atoms with Gasteiger partial charge in [0.2, 0.25) is 11.0 Å². The number of amides is 1. The lowest BCUT2D eigenvalue weighted by atomic mass is 10.2. The third kappa shape index (κ3) is 6.16. The van der Waals surface area contributed by atoms with Gasteiger partial charge in [0.15, 0.2) is 4.34 Å². The summed E-state index contributed by atoms with van der Waals surface area (Å²) in [5, 5.41) is 11.7. The fraction of sp³-hybridized carbons (Fsp3) is 0.250. The summed E-state index contributed by atoms with van der Waals surface area (Å²) in [6, 6.07) is 14.3. The summed E-state index contributed by atoms with van der Waals surface area (Å²) in [5.74, 6) is -0.0263. The van der Waals surface area contributed by atoms with E-state index in [1.807, 2.05) is 43.3 Å². The van der Waals surface area contributed by atoms with Crippen LogP contribution in [-0.4, -0.2) is 47.9 Å². The maximum absolute atomic E-state index is 13.3. The number of rotatable bonds is 8. The molecule has 29 heavy (non-hydrogen) atoms. The van der Waals surface area contributed by atoms with Crippen LogP contribution in [-0.2, 0) is 11.3 Å². The summed E-state index contributed by atoms with van der Waals surface area (Å²) in [5.41, 5.74) is 2.81. The van der Waals surface area contributed by atoms with Gasteiger partial charge in [-0.05, 0) is 35.9 Å². The lowest BCUT2D eigenvalue weighted by molar-refractivity contribution is -0.127. The molecule has 0 saturated carbocycles. The molecular weight excluding hydrogens is 409 g/mol. The Morgan fingerprint density at radius 2 is 1.90 bits per heavy atom. The molecule has 152 valence electrons. The third-order valence-corrected chi connectivity index (χ3v) is 6.06. The highest BCUT2D eigenvalue weighted by atomic mass is 32.2. The van der Waals surface area contributed by atoms with Gasteiger partial charge in [-0.2, -0.15) is 0 Å². The zero-order valence-corrected chi connectivity index (χ0v) is 18.1. The van der Waals surface area contributed by atoms with Gasteiger partial charge < -0.3 is 15.1 Å². The van der Waals surface area contributed by atoms with E-state index in [0.29, 0.717) is 21.7 Å². The second kappa shape index (κ2) is 9.71. The molecular formula is C20H22FN5OS2. The molecule has 3 rings (SSSR count). The van der Waals surface area contributed by atoms with Crippen molar-refractivity contribution in [3.63, 3.8) is 0 Å². The lowest BCUT2D eigenvalue weighted by Gasteiger charge is -2.18. The minimum atomic E-state index is -0.320. The van der Waals surface area contributed by atoms with E-state index in [4.69, 9.17) is 0 Å². The number of nitrogens with zero attached hydrogens (tertiary/aromatic N) is 4. The van der Waals surface area contributed by atoms with Gasteiger partial charge in [0.1, 0.15) is 5.82 Å². The highest BCUT2D eigenvalue weighted by Gasteiger charge is 2.13. The summed E-state index contributed by atoms with van der Waals surface area (Å²) >= 11 is 2.67. The number of aromatic nitrogens is 2. The molecule has 1 amide bonds. The first-order valence-electron chi connectivity index (χ1n) is 8.90. The fourth-order valence-corrected chi connectivity index (χ4v) is 4.22. The van der Waals surface area contributed by atoms with E-state index in [1.54, 1.807) is 24.1 Å². The van der Waals surface area contributed by atoms with E-state index in [9.17, 15) is 9.18 Å². The summed E-state index contributed by atoms with van der Waals surface area (Å²) in [6.45, 7) is 0.551. The normalized spacial score (nSPS) is 10.6. The topological polar surface area (TPSA) is 61.4 Å². The molecule has 1 heterocycles. The molecule has 0 aliphatic rings.